The number of aromatic nitrogens is 2. The smallest absolute Gasteiger partial charge is 0.172 e. The standard InChI is InChI=1S/C10H10N4O/c11-10(13-15)8-4-1-2-5-9(8)14-7-3-6-12-14/h1-7,15H,(H2,11,13). The van der Waals surface area contributed by atoms with E-state index in [1.54, 1.807) is 23.1 Å². The molecule has 0 bridgehead atoms. The van der Waals surface area contributed by atoms with Gasteiger partial charge in [0, 0.05) is 18.0 Å². The van der Waals surface area contributed by atoms with Gasteiger partial charge in [-0.3, -0.25) is 0 Å². The van der Waals surface area contributed by atoms with Crippen LogP contribution in [-0.4, -0.2) is 20.8 Å². The number of para-hydroxylation sites is 1. The Kier molecular flexibility index (Phi) is 2.37. The molecular formula is C10H10N4O. The van der Waals surface area contributed by atoms with E-state index < -0.39 is 0 Å². The van der Waals surface area contributed by atoms with Gasteiger partial charge in [0.05, 0.1) is 5.69 Å². The Morgan fingerprint density at radius 3 is 2.80 bits per heavy atom. The molecule has 0 aliphatic carbocycles. The maximum atomic E-state index is 8.64. The molecule has 0 unspecified atom stereocenters. The summed E-state index contributed by atoms with van der Waals surface area (Å²) in [6.45, 7) is 0. The molecule has 15 heavy (non-hydrogen) atoms. The summed E-state index contributed by atoms with van der Waals surface area (Å²) in [5, 5.41) is 15.7. The molecule has 2 aromatic rings. The van der Waals surface area contributed by atoms with Crippen molar-refractivity contribution >= 4 is 5.84 Å². The zero-order valence-corrected chi connectivity index (χ0v) is 7.91. The van der Waals surface area contributed by atoms with Crippen LogP contribution in [0.2, 0.25) is 0 Å². The van der Waals surface area contributed by atoms with Gasteiger partial charge < -0.3 is 10.9 Å². The van der Waals surface area contributed by atoms with Crippen molar-refractivity contribution in [3.63, 3.8) is 0 Å². The molecule has 0 spiro atoms. The molecule has 3 N–H and O–H groups in total. The van der Waals surface area contributed by atoms with Gasteiger partial charge in [-0.25, -0.2) is 4.68 Å². The molecule has 1 aromatic heterocycles. The molecule has 2 rings (SSSR count). The second kappa shape index (κ2) is 3.83. The quantitative estimate of drug-likeness (QED) is 0.329. The average Bonchev–Trinajstić information content (AvgIpc) is 2.81. The Morgan fingerprint density at radius 2 is 2.13 bits per heavy atom. The fourth-order valence-electron chi connectivity index (χ4n) is 1.36. The van der Waals surface area contributed by atoms with Crippen molar-refractivity contribution in [2.75, 3.05) is 0 Å². The Bertz CT molecular complexity index is 476. The minimum absolute atomic E-state index is 0.0705. The highest BCUT2D eigenvalue weighted by Crippen LogP contribution is 2.12. The van der Waals surface area contributed by atoms with Crippen LogP contribution in [0.25, 0.3) is 5.69 Å². The first-order valence-electron chi connectivity index (χ1n) is 4.40. The second-order valence-corrected chi connectivity index (χ2v) is 2.95. The first-order valence-corrected chi connectivity index (χ1v) is 4.40. The second-order valence-electron chi connectivity index (χ2n) is 2.95. The minimum Gasteiger partial charge on any atom is -0.409 e. The normalized spacial score (nSPS) is 11.6. The van der Waals surface area contributed by atoms with Crippen LogP contribution >= 0.6 is 0 Å². The topological polar surface area (TPSA) is 76.4 Å². The summed E-state index contributed by atoms with van der Waals surface area (Å²) >= 11 is 0. The van der Waals surface area contributed by atoms with Crippen molar-refractivity contribution in [2.24, 2.45) is 10.9 Å². The lowest BCUT2D eigenvalue weighted by Crippen LogP contribution is -2.16. The summed E-state index contributed by atoms with van der Waals surface area (Å²) < 4.78 is 1.66. The number of nitrogens with two attached hydrogens (primary N) is 1. The summed E-state index contributed by atoms with van der Waals surface area (Å²) in [6, 6.07) is 9.11. The van der Waals surface area contributed by atoms with Crippen LogP contribution in [0.4, 0.5) is 0 Å². The number of rotatable bonds is 2. The number of hydrogen-bond donors (Lipinski definition) is 2. The van der Waals surface area contributed by atoms with Crippen LogP contribution in [0, 0.1) is 0 Å². The van der Waals surface area contributed by atoms with E-state index in [0.717, 1.165) is 5.69 Å². The summed E-state index contributed by atoms with van der Waals surface area (Å²) in [6.07, 6.45) is 3.46. The SMILES string of the molecule is N/C(=N\O)c1ccccc1-n1cccn1. The van der Waals surface area contributed by atoms with Gasteiger partial charge >= 0.3 is 0 Å². The molecule has 0 fully saturated rings. The largest absolute Gasteiger partial charge is 0.409 e. The van der Waals surface area contributed by atoms with E-state index in [2.05, 4.69) is 10.3 Å². The third kappa shape index (κ3) is 1.67. The van der Waals surface area contributed by atoms with Gasteiger partial charge in [-0.2, -0.15) is 5.10 Å². The molecule has 0 aliphatic rings. The van der Waals surface area contributed by atoms with Gasteiger partial charge in [0.25, 0.3) is 0 Å². The summed E-state index contributed by atoms with van der Waals surface area (Å²) in [4.78, 5) is 0. The first-order chi connectivity index (χ1) is 7.33. The van der Waals surface area contributed by atoms with Crippen LogP contribution in [-0.2, 0) is 0 Å². The summed E-state index contributed by atoms with van der Waals surface area (Å²) in [7, 11) is 0. The van der Waals surface area contributed by atoms with Crippen molar-refractivity contribution in [1.29, 1.82) is 0 Å². The molecule has 0 atom stereocenters. The lowest BCUT2D eigenvalue weighted by atomic mass is 10.1. The van der Waals surface area contributed by atoms with E-state index >= 15 is 0 Å². The third-order valence-electron chi connectivity index (χ3n) is 2.04. The molecule has 0 saturated heterocycles. The van der Waals surface area contributed by atoms with Crippen LogP contribution < -0.4 is 5.73 Å². The number of oxime groups is 1. The molecule has 0 radical (unpaired) electrons. The maximum Gasteiger partial charge on any atom is 0.172 e. The van der Waals surface area contributed by atoms with E-state index in [0.29, 0.717) is 5.56 Å². The van der Waals surface area contributed by atoms with Crippen molar-refractivity contribution < 1.29 is 5.21 Å². The average molecular weight is 202 g/mol. The fraction of sp³-hybridized carbons (Fsp3) is 0. The number of benzene rings is 1. The van der Waals surface area contributed by atoms with E-state index in [9.17, 15) is 0 Å². The van der Waals surface area contributed by atoms with Crippen molar-refractivity contribution in [1.82, 2.24) is 9.78 Å². The van der Waals surface area contributed by atoms with Crippen molar-refractivity contribution in [3.05, 3.63) is 48.3 Å². The van der Waals surface area contributed by atoms with Crippen molar-refractivity contribution in [3.8, 4) is 5.69 Å². The van der Waals surface area contributed by atoms with Gasteiger partial charge in [-0.05, 0) is 18.2 Å². The summed E-state index contributed by atoms with van der Waals surface area (Å²) in [5.74, 6) is 0.0705. The molecule has 0 aliphatic heterocycles. The monoisotopic (exact) mass is 202 g/mol. The lowest BCUT2D eigenvalue weighted by molar-refractivity contribution is 0.318. The third-order valence-corrected chi connectivity index (χ3v) is 2.04. The lowest BCUT2D eigenvalue weighted by Gasteiger charge is -2.07. The molecule has 0 amide bonds. The predicted molar refractivity (Wildman–Crippen MR) is 56.1 cm³/mol. The van der Waals surface area contributed by atoms with Gasteiger partial charge in [0.2, 0.25) is 0 Å². The molecule has 1 aromatic carbocycles. The highest BCUT2D eigenvalue weighted by Gasteiger charge is 2.07. The van der Waals surface area contributed by atoms with Gasteiger partial charge in [0.1, 0.15) is 0 Å². The zero-order chi connectivity index (χ0) is 10.7. The zero-order valence-electron chi connectivity index (χ0n) is 7.91. The van der Waals surface area contributed by atoms with Crippen LogP contribution in [0.1, 0.15) is 5.56 Å². The van der Waals surface area contributed by atoms with Crippen LogP contribution in [0.15, 0.2) is 47.9 Å². The van der Waals surface area contributed by atoms with Gasteiger partial charge in [-0.15, -0.1) is 0 Å². The van der Waals surface area contributed by atoms with E-state index in [-0.39, 0.29) is 5.84 Å². The van der Waals surface area contributed by atoms with E-state index in [1.165, 1.54) is 0 Å². The molecule has 76 valence electrons. The molecule has 5 heteroatoms. The Morgan fingerprint density at radius 1 is 1.33 bits per heavy atom. The molecule has 0 saturated carbocycles. The Balaban J connectivity index is 2.57. The van der Waals surface area contributed by atoms with Crippen LogP contribution in [0.3, 0.4) is 0 Å². The Labute approximate surface area is 86.4 Å². The maximum absolute atomic E-state index is 8.64. The fourth-order valence-corrected chi connectivity index (χ4v) is 1.36. The predicted octanol–water partition coefficient (Wildman–Crippen LogP) is 0.967. The Hall–Kier alpha value is -2.30. The number of nitrogens with zero attached hydrogens (tertiary/aromatic N) is 3. The first kappa shape index (κ1) is 9.26. The molecular weight excluding hydrogens is 192 g/mol. The van der Waals surface area contributed by atoms with E-state index in [1.807, 2.05) is 24.3 Å². The molecule has 1 heterocycles. The van der Waals surface area contributed by atoms with Gasteiger partial charge in [-0.1, -0.05) is 17.3 Å². The van der Waals surface area contributed by atoms with Gasteiger partial charge in [0.15, 0.2) is 5.84 Å². The molecule has 5 nitrogen and oxygen atoms in total. The number of amidine groups is 1. The highest BCUT2D eigenvalue weighted by molar-refractivity contribution is 6.00. The van der Waals surface area contributed by atoms with Crippen LogP contribution in [0.5, 0.6) is 0 Å². The highest BCUT2D eigenvalue weighted by atomic mass is 16.4. The minimum atomic E-state index is 0.0705. The van der Waals surface area contributed by atoms with E-state index in [4.69, 9.17) is 10.9 Å². The van der Waals surface area contributed by atoms with Crippen molar-refractivity contribution in [2.45, 2.75) is 0 Å². The summed E-state index contributed by atoms with van der Waals surface area (Å²) in [5.41, 5.74) is 6.98. The number of hydrogen-bond acceptors (Lipinski definition) is 3.